The molecule has 6 rings (SSSR count). The summed E-state index contributed by atoms with van der Waals surface area (Å²) in [6, 6.07) is 7.58. The molecule has 2 N–H and O–H groups in total. The minimum atomic E-state index is 0.0449. The third kappa shape index (κ3) is 2.33. The van der Waals surface area contributed by atoms with Gasteiger partial charge >= 0.3 is 0 Å². The number of hydrogen-bond donors (Lipinski definition) is 2. The zero-order valence-corrected chi connectivity index (χ0v) is 16.7. The van der Waals surface area contributed by atoms with Gasteiger partial charge in [0.2, 0.25) is 0 Å². The monoisotopic (exact) mass is 399 g/mol. The van der Waals surface area contributed by atoms with Crippen molar-refractivity contribution in [3.8, 4) is 28.3 Å². The number of fused-ring (bicyclic) bond motifs is 6. The van der Waals surface area contributed by atoms with Crippen LogP contribution in [0.5, 0.6) is 5.75 Å². The molecular formula is C24H21N3O3. The summed E-state index contributed by atoms with van der Waals surface area (Å²) in [6.45, 7) is 0.729. The maximum atomic E-state index is 12.7. The molecule has 0 saturated heterocycles. The van der Waals surface area contributed by atoms with Gasteiger partial charge in [-0.25, -0.2) is 0 Å². The molecule has 2 aromatic heterocycles. The molecular weight excluding hydrogens is 378 g/mol. The number of carbonyl (C=O) groups is 2. The molecule has 1 fully saturated rings. The van der Waals surface area contributed by atoms with Crippen molar-refractivity contribution in [1.29, 1.82) is 0 Å². The minimum Gasteiger partial charge on any atom is -0.496 e. The number of carbonyl (C=O) groups excluding carboxylic acids is 2. The molecule has 150 valence electrons. The van der Waals surface area contributed by atoms with Crippen LogP contribution in [0.1, 0.15) is 50.4 Å². The van der Waals surface area contributed by atoms with Gasteiger partial charge < -0.3 is 15.0 Å². The van der Waals surface area contributed by atoms with E-state index >= 15 is 0 Å². The van der Waals surface area contributed by atoms with Crippen molar-refractivity contribution in [2.75, 3.05) is 13.7 Å². The van der Waals surface area contributed by atoms with Crippen LogP contribution in [-0.2, 0) is 18.3 Å². The number of hydrogen-bond acceptors (Lipinski definition) is 4. The molecule has 30 heavy (non-hydrogen) atoms. The summed E-state index contributed by atoms with van der Waals surface area (Å²) < 4.78 is 5.25. The molecule has 3 aromatic rings. The highest BCUT2D eigenvalue weighted by Gasteiger charge is 2.51. The first-order valence-electron chi connectivity index (χ1n) is 10.3. The summed E-state index contributed by atoms with van der Waals surface area (Å²) in [7, 11) is 1.55. The van der Waals surface area contributed by atoms with E-state index in [1.165, 1.54) is 5.56 Å². The lowest BCUT2D eigenvalue weighted by Gasteiger charge is -2.23. The first kappa shape index (κ1) is 17.4. The first-order valence-corrected chi connectivity index (χ1v) is 10.3. The molecule has 2 aliphatic carbocycles. The smallest absolute Gasteiger partial charge is 0.253 e. The topological polar surface area (TPSA) is 84.1 Å². The number of ether oxygens (including phenoxy) is 1. The summed E-state index contributed by atoms with van der Waals surface area (Å²) in [5.74, 6) is 0.593. The second kappa shape index (κ2) is 6.05. The van der Waals surface area contributed by atoms with Crippen LogP contribution in [0.3, 0.4) is 0 Å². The van der Waals surface area contributed by atoms with Crippen LogP contribution in [-0.4, -0.2) is 35.8 Å². The predicted molar refractivity (Wildman–Crippen MR) is 112 cm³/mol. The molecule has 1 aromatic carbocycles. The van der Waals surface area contributed by atoms with Gasteiger partial charge in [0.1, 0.15) is 5.75 Å². The zero-order chi connectivity index (χ0) is 20.5. The van der Waals surface area contributed by atoms with Gasteiger partial charge in [-0.15, -0.1) is 0 Å². The van der Waals surface area contributed by atoms with E-state index in [9.17, 15) is 9.59 Å². The fourth-order valence-electron chi connectivity index (χ4n) is 4.99. The molecule has 0 atom stereocenters. The minimum absolute atomic E-state index is 0.0449. The highest BCUT2D eigenvalue weighted by Crippen LogP contribution is 2.52. The number of H-pyrrole nitrogens is 1. The van der Waals surface area contributed by atoms with E-state index in [4.69, 9.17) is 4.74 Å². The Morgan fingerprint density at radius 3 is 2.83 bits per heavy atom. The van der Waals surface area contributed by atoms with Gasteiger partial charge in [0, 0.05) is 35.0 Å². The van der Waals surface area contributed by atoms with E-state index in [1.807, 2.05) is 12.3 Å². The van der Waals surface area contributed by atoms with Crippen LogP contribution in [0.2, 0.25) is 0 Å². The van der Waals surface area contributed by atoms with Gasteiger partial charge in [-0.2, -0.15) is 0 Å². The molecule has 3 heterocycles. The van der Waals surface area contributed by atoms with Crippen molar-refractivity contribution >= 4 is 12.2 Å². The first-order chi connectivity index (χ1) is 14.6. The van der Waals surface area contributed by atoms with Gasteiger partial charge in [0.15, 0.2) is 6.29 Å². The highest BCUT2D eigenvalue weighted by molar-refractivity contribution is 6.01. The summed E-state index contributed by atoms with van der Waals surface area (Å²) in [5, 5.41) is 3.10. The molecule has 6 heteroatoms. The van der Waals surface area contributed by atoms with Crippen molar-refractivity contribution < 1.29 is 14.3 Å². The van der Waals surface area contributed by atoms with Crippen molar-refractivity contribution in [2.45, 2.75) is 31.1 Å². The summed E-state index contributed by atoms with van der Waals surface area (Å²) in [6.07, 6.45) is 6.67. The summed E-state index contributed by atoms with van der Waals surface area (Å²) in [4.78, 5) is 32.4. The molecule has 1 spiro atoms. The van der Waals surface area contributed by atoms with Gasteiger partial charge in [0.25, 0.3) is 5.91 Å². The average Bonchev–Trinajstić information content (AvgIpc) is 3.45. The van der Waals surface area contributed by atoms with E-state index in [1.54, 1.807) is 19.2 Å². The molecule has 0 unspecified atom stereocenters. The Kier molecular flexibility index (Phi) is 3.52. The largest absolute Gasteiger partial charge is 0.496 e. The number of aromatic amines is 1. The van der Waals surface area contributed by atoms with Crippen LogP contribution in [0.15, 0.2) is 30.5 Å². The number of benzene rings is 1. The van der Waals surface area contributed by atoms with E-state index in [0.717, 1.165) is 77.8 Å². The maximum absolute atomic E-state index is 12.7. The predicted octanol–water partition coefficient (Wildman–Crippen LogP) is 3.44. The standard InChI is InChI=1S/C24H21N3O3/c1-30-19-5-3-13(8-15(19)11-28)18-9-17-14(10-25-18)2-4-16-20-22(27-21(16)17)24(6-7-24)12-26-23(20)29/h3,5,8-11,27H,2,4,6-7,12H2,1H3,(H,26,29). The maximum Gasteiger partial charge on any atom is 0.253 e. The van der Waals surface area contributed by atoms with Crippen LogP contribution in [0, 0.1) is 0 Å². The molecule has 1 aliphatic heterocycles. The van der Waals surface area contributed by atoms with Crippen LogP contribution in [0.4, 0.5) is 0 Å². The molecule has 1 amide bonds. The molecule has 0 radical (unpaired) electrons. The number of nitrogens with one attached hydrogen (secondary N) is 2. The van der Waals surface area contributed by atoms with Crippen molar-refractivity contribution in [2.24, 2.45) is 0 Å². The SMILES string of the molecule is COc1ccc(-c2cc3c(cn2)CCc2c-3[nH]c3c2C(=O)NCC32CC2)cc1C=O. The lowest BCUT2D eigenvalue weighted by atomic mass is 9.86. The van der Waals surface area contributed by atoms with Crippen LogP contribution >= 0.6 is 0 Å². The number of nitrogens with zero attached hydrogens (tertiary/aromatic N) is 1. The number of amides is 1. The van der Waals surface area contributed by atoms with E-state index < -0.39 is 0 Å². The van der Waals surface area contributed by atoms with E-state index in [-0.39, 0.29) is 11.3 Å². The Balaban J connectivity index is 1.50. The number of aryl methyl sites for hydroxylation is 1. The number of methoxy groups -OCH3 is 1. The second-order valence-electron chi connectivity index (χ2n) is 8.49. The second-order valence-corrected chi connectivity index (χ2v) is 8.49. The third-order valence-electron chi connectivity index (χ3n) is 6.85. The third-order valence-corrected chi connectivity index (χ3v) is 6.85. The van der Waals surface area contributed by atoms with Gasteiger partial charge in [-0.1, -0.05) is 0 Å². The van der Waals surface area contributed by atoms with E-state index in [2.05, 4.69) is 21.4 Å². The Morgan fingerprint density at radius 1 is 1.20 bits per heavy atom. The molecule has 1 saturated carbocycles. The van der Waals surface area contributed by atoms with Crippen molar-refractivity contribution in [3.05, 3.63) is 58.4 Å². The van der Waals surface area contributed by atoms with Gasteiger partial charge in [-0.3, -0.25) is 14.6 Å². The molecule has 3 aliphatic rings. The zero-order valence-electron chi connectivity index (χ0n) is 16.7. The lowest BCUT2D eigenvalue weighted by molar-refractivity contribution is 0.0936. The summed E-state index contributed by atoms with van der Waals surface area (Å²) >= 11 is 0. The number of rotatable bonds is 3. The summed E-state index contributed by atoms with van der Waals surface area (Å²) in [5.41, 5.74) is 8.70. The fraction of sp³-hybridized carbons (Fsp3) is 0.292. The Bertz CT molecular complexity index is 1240. The highest BCUT2D eigenvalue weighted by atomic mass is 16.5. The van der Waals surface area contributed by atoms with Crippen molar-refractivity contribution in [3.63, 3.8) is 0 Å². The molecule has 6 nitrogen and oxygen atoms in total. The van der Waals surface area contributed by atoms with Crippen molar-refractivity contribution in [1.82, 2.24) is 15.3 Å². The van der Waals surface area contributed by atoms with Crippen LogP contribution < -0.4 is 10.1 Å². The Labute approximate surface area is 173 Å². The normalized spacial score (nSPS) is 17.6. The fourth-order valence-corrected chi connectivity index (χ4v) is 4.99. The number of aromatic nitrogens is 2. The lowest BCUT2D eigenvalue weighted by Crippen LogP contribution is -2.39. The Hall–Kier alpha value is -3.41. The quantitative estimate of drug-likeness (QED) is 0.661. The number of aldehydes is 1. The van der Waals surface area contributed by atoms with Crippen LogP contribution in [0.25, 0.3) is 22.5 Å². The average molecular weight is 399 g/mol. The molecule has 0 bridgehead atoms. The van der Waals surface area contributed by atoms with E-state index in [0.29, 0.717) is 11.3 Å². The van der Waals surface area contributed by atoms with Gasteiger partial charge in [-0.05, 0) is 61.1 Å². The Morgan fingerprint density at radius 2 is 2.07 bits per heavy atom. The van der Waals surface area contributed by atoms with Gasteiger partial charge in [0.05, 0.1) is 29.6 Å². The number of pyridine rings is 1.